The average Bonchev–Trinajstić information content (AvgIpc) is 3.20. The van der Waals surface area contributed by atoms with E-state index in [1.165, 1.54) is 27.8 Å². The van der Waals surface area contributed by atoms with Crippen molar-refractivity contribution in [3.8, 4) is 11.1 Å². The van der Waals surface area contributed by atoms with Crippen LogP contribution in [0, 0.1) is 6.92 Å². The predicted molar refractivity (Wildman–Crippen MR) is 148 cm³/mol. The van der Waals surface area contributed by atoms with Crippen LogP contribution in [0.4, 0.5) is 5.00 Å². The van der Waals surface area contributed by atoms with Crippen LogP contribution >= 0.6 is 35.2 Å². The van der Waals surface area contributed by atoms with Crippen LogP contribution in [-0.4, -0.2) is 61.5 Å². The molecule has 0 atom stereocenters. The molecule has 1 saturated heterocycles. The monoisotopic (exact) mass is 563 g/mol. The quantitative estimate of drug-likeness (QED) is 0.324. The van der Waals surface area contributed by atoms with Gasteiger partial charge in [-0.15, -0.1) is 11.3 Å². The lowest BCUT2D eigenvalue weighted by molar-refractivity contribution is 0.0529. The van der Waals surface area contributed by atoms with Crippen molar-refractivity contribution < 1.29 is 17.9 Å². The molecule has 0 radical (unpaired) electrons. The second-order valence-corrected chi connectivity index (χ2v) is 12.1. The largest absolute Gasteiger partial charge is 0.462 e. The van der Waals surface area contributed by atoms with Crippen molar-refractivity contribution in [1.82, 2.24) is 9.21 Å². The summed E-state index contributed by atoms with van der Waals surface area (Å²) < 4.78 is 32.8. The van der Waals surface area contributed by atoms with Crippen LogP contribution in [0.25, 0.3) is 11.1 Å². The van der Waals surface area contributed by atoms with Gasteiger partial charge in [0.05, 0.1) is 11.5 Å². The number of carbonyl (C=O) groups is 1. The summed E-state index contributed by atoms with van der Waals surface area (Å²) in [6.07, 6.45) is 0. The standard InChI is InChI=1S/C25H26ClN3O4S3/c1-3-33-24(30)22-21(18-7-5-4-6-8-18)17(2)35-23(22)27-25(34)28-13-15-29(16-14-28)36(31,32)20-11-9-19(26)10-12-20/h4-12H,3,13-16H2,1-2H3,(H,27,34). The van der Waals surface area contributed by atoms with Gasteiger partial charge in [-0.05, 0) is 55.9 Å². The molecule has 0 bridgehead atoms. The van der Waals surface area contributed by atoms with Crippen LogP contribution in [0.2, 0.25) is 5.02 Å². The first-order chi connectivity index (χ1) is 17.2. The van der Waals surface area contributed by atoms with Crippen molar-refractivity contribution in [2.75, 3.05) is 38.1 Å². The summed E-state index contributed by atoms with van der Waals surface area (Å²) in [4.78, 5) is 16.0. The Hall–Kier alpha value is -2.50. The number of halogens is 1. The second kappa shape index (κ2) is 11.3. The molecule has 7 nitrogen and oxygen atoms in total. The van der Waals surface area contributed by atoms with Crippen LogP contribution in [0.15, 0.2) is 59.5 Å². The Kier molecular flexibility index (Phi) is 8.31. The highest BCUT2D eigenvalue weighted by Crippen LogP contribution is 2.40. The van der Waals surface area contributed by atoms with E-state index in [9.17, 15) is 13.2 Å². The normalized spacial score (nSPS) is 14.5. The Morgan fingerprint density at radius 3 is 2.33 bits per heavy atom. The number of piperazine rings is 1. The molecule has 0 saturated carbocycles. The first-order valence-corrected chi connectivity index (χ1v) is 14.4. The summed E-state index contributed by atoms with van der Waals surface area (Å²) in [6.45, 7) is 5.41. The first kappa shape index (κ1) is 26.6. The zero-order chi connectivity index (χ0) is 25.9. The summed E-state index contributed by atoms with van der Waals surface area (Å²) >= 11 is 13.0. The number of anilines is 1. The lowest BCUT2D eigenvalue weighted by Gasteiger charge is -2.35. The number of esters is 1. The third kappa shape index (κ3) is 5.57. The molecule has 11 heteroatoms. The minimum atomic E-state index is -3.62. The highest BCUT2D eigenvalue weighted by atomic mass is 35.5. The SMILES string of the molecule is CCOC(=O)c1c(NC(=S)N2CCN(S(=O)(=O)c3ccc(Cl)cc3)CC2)sc(C)c1-c1ccccc1. The van der Waals surface area contributed by atoms with E-state index in [2.05, 4.69) is 5.32 Å². The molecule has 1 aromatic heterocycles. The Morgan fingerprint density at radius 1 is 1.08 bits per heavy atom. The smallest absolute Gasteiger partial charge is 0.341 e. The molecule has 3 aromatic rings. The number of benzene rings is 2. The highest BCUT2D eigenvalue weighted by molar-refractivity contribution is 7.89. The van der Waals surface area contributed by atoms with Crippen LogP contribution in [0.5, 0.6) is 0 Å². The molecule has 0 unspecified atom stereocenters. The van der Waals surface area contributed by atoms with Crippen LogP contribution in [0.3, 0.4) is 0 Å². The number of rotatable bonds is 6. The number of hydrogen-bond acceptors (Lipinski definition) is 6. The molecule has 36 heavy (non-hydrogen) atoms. The van der Waals surface area contributed by atoms with E-state index < -0.39 is 16.0 Å². The number of carbonyl (C=O) groups excluding carboxylic acids is 1. The molecule has 1 aliphatic rings. The first-order valence-electron chi connectivity index (χ1n) is 11.4. The minimum Gasteiger partial charge on any atom is -0.462 e. The molecule has 1 N–H and O–H groups in total. The Balaban J connectivity index is 1.50. The van der Waals surface area contributed by atoms with E-state index in [1.54, 1.807) is 19.1 Å². The topological polar surface area (TPSA) is 79.0 Å². The predicted octanol–water partition coefficient (Wildman–Crippen LogP) is 5.26. The van der Waals surface area contributed by atoms with Gasteiger partial charge in [0, 0.05) is 41.6 Å². The van der Waals surface area contributed by atoms with Gasteiger partial charge in [0.1, 0.15) is 10.6 Å². The number of nitrogens with one attached hydrogen (secondary N) is 1. The molecule has 1 aliphatic heterocycles. The van der Waals surface area contributed by atoms with E-state index >= 15 is 0 Å². The van der Waals surface area contributed by atoms with E-state index in [0.29, 0.717) is 33.8 Å². The third-order valence-electron chi connectivity index (χ3n) is 5.82. The summed E-state index contributed by atoms with van der Waals surface area (Å²) in [7, 11) is -3.62. The van der Waals surface area contributed by atoms with Crippen molar-refractivity contribution in [2.24, 2.45) is 0 Å². The number of aryl methyl sites for hydroxylation is 1. The fraction of sp³-hybridized carbons (Fsp3) is 0.280. The molecule has 4 rings (SSSR count). The number of hydrogen-bond donors (Lipinski definition) is 1. The average molecular weight is 564 g/mol. The number of sulfonamides is 1. The van der Waals surface area contributed by atoms with Gasteiger partial charge >= 0.3 is 5.97 Å². The van der Waals surface area contributed by atoms with Gasteiger partial charge in [0.25, 0.3) is 0 Å². The zero-order valence-electron chi connectivity index (χ0n) is 19.9. The van der Waals surface area contributed by atoms with Crippen molar-refractivity contribution in [3.05, 3.63) is 70.1 Å². The van der Waals surface area contributed by atoms with Gasteiger partial charge in [-0.2, -0.15) is 4.31 Å². The molecule has 190 valence electrons. The summed E-state index contributed by atoms with van der Waals surface area (Å²) in [5, 5.41) is 4.77. The van der Waals surface area contributed by atoms with Gasteiger partial charge in [0.2, 0.25) is 10.0 Å². The van der Waals surface area contributed by atoms with Crippen molar-refractivity contribution in [2.45, 2.75) is 18.7 Å². The fourth-order valence-corrected chi connectivity index (χ4v) is 7.01. The Labute approximate surface area is 225 Å². The van der Waals surface area contributed by atoms with Crippen molar-refractivity contribution >= 4 is 61.3 Å². The van der Waals surface area contributed by atoms with Crippen molar-refractivity contribution in [1.29, 1.82) is 0 Å². The zero-order valence-corrected chi connectivity index (χ0v) is 23.1. The summed E-state index contributed by atoms with van der Waals surface area (Å²) in [5.74, 6) is -0.412. The van der Waals surface area contributed by atoms with E-state index in [-0.39, 0.29) is 24.6 Å². The fourth-order valence-electron chi connectivity index (χ4n) is 4.05. The van der Waals surface area contributed by atoms with Crippen molar-refractivity contribution in [3.63, 3.8) is 0 Å². The minimum absolute atomic E-state index is 0.211. The van der Waals surface area contributed by atoms with E-state index in [4.69, 9.17) is 28.6 Å². The maximum atomic E-state index is 13.0. The number of nitrogens with zero attached hydrogens (tertiary/aromatic N) is 2. The number of thiocarbonyl (C=S) groups is 1. The molecule has 2 heterocycles. The molecular weight excluding hydrogens is 538 g/mol. The summed E-state index contributed by atoms with van der Waals surface area (Å²) in [6, 6.07) is 15.9. The molecule has 1 fully saturated rings. The summed E-state index contributed by atoms with van der Waals surface area (Å²) in [5.41, 5.74) is 2.20. The molecule has 0 aliphatic carbocycles. The Morgan fingerprint density at radius 2 is 1.72 bits per heavy atom. The lowest BCUT2D eigenvalue weighted by atomic mass is 10.0. The lowest BCUT2D eigenvalue weighted by Crippen LogP contribution is -2.51. The van der Waals surface area contributed by atoms with E-state index in [0.717, 1.165) is 16.0 Å². The maximum absolute atomic E-state index is 13.0. The third-order valence-corrected chi connectivity index (χ3v) is 9.37. The molecule has 0 amide bonds. The van der Waals surface area contributed by atoms with Crippen LogP contribution in [0.1, 0.15) is 22.2 Å². The molecule has 2 aromatic carbocycles. The second-order valence-electron chi connectivity index (χ2n) is 8.10. The van der Waals surface area contributed by atoms with Gasteiger partial charge in [0.15, 0.2) is 5.11 Å². The van der Waals surface area contributed by atoms with Crippen LogP contribution < -0.4 is 5.32 Å². The van der Waals surface area contributed by atoms with E-state index in [1.807, 2.05) is 42.2 Å². The van der Waals surface area contributed by atoms with Gasteiger partial charge in [-0.25, -0.2) is 13.2 Å². The molecular formula is C25H26ClN3O4S3. The van der Waals surface area contributed by atoms with Gasteiger partial charge in [-0.1, -0.05) is 41.9 Å². The Bertz CT molecular complexity index is 1350. The number of thiophene rings is 1. The van der Waals surface area contributed by atoms with Gasteiger partial charge < -0.3 is 15.0 Å². The highest BCUT2D eigenvalue weighted by Gasteiger charge is 2.30. The van der Waals surface area contributed by atoms with Gasteiger partial charge in [-0.3, -0.25) is 0 Å². The maximum Gasteiger partial charge on any atom is 0.341 e. The molecule has 0 spiro atoms. The van der Waals surface area contributed by atoms with Crippen LogP contribution in [-0.2, 0) is 14.8 Å². The number of ether oxygens (including phenoxy) is 1.